The lowest BCUT2D eigenvalue weighted by Crippen LogP contribution is -2.03. The van der Waals surface area contributed by atoms with Crippen LogP contribution in [0.15, 0.2) is 42.5 Å². The third kappa shape index (κ3) is 3.22. The van der Waals surface area contributed by atoms with Crippen LogP contribution >= 0.6 is 0 Å². The number of benzene rings is 2. The van der Waals surface area contributed by atoms with E-state index in [4.69, 9.17) is 5.11 Å². The van der Waals surface area contributed by atoms with Crippen LogP contribution in [0.4, 0.5) is 0 Å². The van der Waals surface area contributed by atoms with Gasteiger partial charge in [-0.3, -0.25) is 4.79 Å². The van der Waals surface area contributed by atoms with E-state index >= 15 is 0 Å². The molecule has 3 rings (SSSR count). The maximum Gasteiger partial charge on any atom is 0.303 e. The molecule has 1 unspecified atom stereocenters. The van der Waals surface area contributed by atoms with E-state index in [1.165, 1.54) is 47.9 Å². The fourth-order valence-electron chi connectivity index (χ4n) is 3.30. The van der Waals surface area contributed by atoms with Crippen molar-refractivity contribution in [2.75, 3.05) is 0 Å². The summed E-state index contributed by atoms with van der Waals surface area (Å²) in [6, 6.07) is 15.1. The highest BCUT2D eigenvalue weighted by molar-refractivity contribution is 5.68. The van der Waals surface area contributed by atoms with Crippen LogP contribution in [0, 0.1) is 0 Å². The fourth-order valence-corrected chi connectivity index (χ4v) is 3.30. The van der Waals surface area contributed by atoms with Gasteiger partial charge in [-0.2, -0.15) is 0 Å². The molecule has 22 heavy (non-hydrogen) atoms. The molecule has 0 aromatic heterocycles. The van der Waals surface area contributed by atoms with Crippen molar-refractivity contribution in [2.45, 2.75) is 44.9 Å². The van der Waals surface area contributed by atoms with E-state index in [0.717, 1.165) is 5.56 Å². The molecule has 2 aromatic carbocycles. The van der Waals surface area contributed by atoms with Gasteiger partial charge >= 0.3 is 5.97 Å². The number of aryl methyl sites for hydroxylation is 2. The van der Waals surface area contributed by atoms with Gasteiger partial charge in [0.15, 0.2) is 0 Å². The third-order valence-corrected chi connectivity index (χ3v) is 4.64. The molecule has 114 valence electrons. The van der Waals surface area contributed by atoms with Crippen molar-refractivity contribution in [3.05, 3.63) is 59.2 Å². The molecule has 0 aliphatic heterocycles. The Kier molecular flexibility index (Phi) is 4.28. The maximum absolute atomic E-state index is 10.8. The molecule has 0 radical (unpaired) electrons. The molecule has 0 spiro atoms. The lowest BCUT2D eigenvalue weighted by molar-refractivity contribution is -0.137. The zero-order valence-electron chi connectivity index (χ0n) is 13.0. The Labute approximate surface area is 131 Å². The van der Waals surface area contributed by atoms with Crippen LogP contribution in [-0.2, 0) is 17.6 Å². The van der Waals surface area contributed by atoms with Gasteiger partial charge in [-0.15, -0.1) is 0 Å². The van der Waals surface area contributed by atoms with Gasteiger partial charge in [0.1, 0.15) is 0 Å². The van der Waals surface area contributed by atoms with E-state index in [1.54, 1.807) is 0 Å². The average Bonchev–Trinajstić information content (AvgIpc) is 2.54. The first kappa shape index (κ1) is 14.8. The Hall–Kier alpha value is -2.09. The highest BCUT2D eigenvalue weighted by Gasteiger charge is 2.12. The van der Waals surface area contributed by atoms with E-state index in [0.29, 0.717) is 0 Å². The van der Waals surface area contributed by atoms with E-state index < -0.39 is 5.97 Å². The topological polar surface area (TPSA) is 37.3 Å². The first-order valence-electron chi connectivity index (χ1n) is 8.07. The molecule has 0 saturated carbocycles. The number of fused-ring (bicyclic) bond motifs is 1. The minimum absolute atomic E-state index is 0.0510. The third-order valence-electron chi connectivity index (χ3n) is 4.64. The summed E-state index contributed by atoms with van der Waals surface area (Å²) in [4.78, 5) is 10.8. The predicted molar refractivity (Wildman–Crippen MR) is 89.2 cm³/mol. The predicted octanol–water partition coefficient (Wildman–Crippen LogP) is 4.81. The Morgan fingerprint density at radius 3 is 2.32 bits per heavy atom. The molecular formula is C20H22O2. The van der Waals surface area contributed by atoms with Crippen LogP contribution < -0.4 is 0 Å². The lowest BCUT2D eigenvalue weighted by Gasteiger charge is -2.17. The molecule has 0 fully saturated rings. The summed E-state index contributed by atoms with van der Waals surface area (Å²) in [6.07, 6.45) is 5.18. The van der Waals surface area contributed by atoms with Crippen LogP contribution in [-0.4, -0.2) is 11.1 Å². The molecule has 1 aliphatic carbocycles. The van der Waals surface area contributed by atoms with Crippen LogP contribution in [0.3, 0.4) is 0 Å². The lowest BCUT2D eigenvalue weighted by atomic mass is 9.88. The SMILES string of the molecule is CC(CC(=O)O)c1ccc(-c2ccc3c(c2)CCCC3)cc1. The minimum Gasteiger partial charge on any atom is -0.481 e. The highest BCUT2D eigenvalue weighted by atomic mass is 16.4. The molecule has 2 aromatic rings. The Balaban J connectivity index is 1.82. The first-order valence-corrected chi connectivity index (χ1v) is 8.07. The van der Waals surface area contributed by atoms with E-state index in [-0.39, 0.29) is 12.3 Å². The standard InChI is InChI=1S/C20H22O2/c1-14(12-20(21)22)15-6-8-17(9-7-15)19-11-10-16-4-2-3-5-18(16)13-19/h6-11,13-14H,2-5,12H2,1H3,(H,21,22). The summed E-state index contributed by atoms with van der Waals surface area (Å²) in [5.41, 5.74) is 6.55. The quantitative estimate of drug-likeness (QED) is 0.878. The molecule has 1 atom stereocenters. The van der Waals surface area contributed by atoms with Crippen LogP contribution in [0.2, 0.25) is 0 Å². The molecule has 1 N–H and O–H groups in total. The van der Waals surface area contributed by atoms with Crippen LogP contribution in [0.1, 0.15) is 48.8 Å². The second kappa shape index (κ2) is 6.35. The molecule has 2 nitrogen and oxygen atoms in total. The molecule has 0 amide bonds. The summed E-state index contributed by atoms with van der Waals surface area (Å²) in [5, 5.41) is 8.89. The second-order valence-electron chi connectivity index (χ2n) is 6.31. The summed E-state index contributed by atoms with van der Waals surface area (Å²) in [7, 11) is 0. The fraction of sp³-hybridized carbons (Fsp3) is 0.350. The average molecular weight is 294 g/mol. The maximum atomic E-state index is 10.8. The first-order chi connectivity index (χ1) is 10.6. The second-order valence-corrected chi connectivity index (χ2v) is 6.31. The Bertz CT molecular complexity index is 671. The Morgan fingerprint density at radius 1 is 1.00 bits per heavy atom. The minimum atomic E-state index is -0.744. The van der Waals surface area contributed by atoms with Gasteiger partial charge in [0, 0.05) is 0 Å². The molecule has 0 saturated heterocycles. The van der Waals surface area contributed by atoms with Gasteiger partial charge in [-0.05, 0) is 59.4 Å². The van der Waals surface area contributed by atoms with Gasteiger partial charge in [0.2, 0.25) is 0 Å². The van der Waals surface area contributed by atoms with Crippen molar-refractivity contribution < 1.29 is 9.90 Å². The smallest absolute Gasteiger partial charge is 0.303 e. The van der Waals surface area contributed by atoms with Crippen molar-refractivity contribution in [1.29, 1.82) is 0 Å². The molecule has 0 bridgehead atoms. The van der Waals surface area contributed by atoms with Gasteiger partial charge in [0.25, 0.3) is 0 Å². The molecule has 2 heteroatoms. The number of aliphatic carboxylic acids is 1. The number of carboxylic acids is 1. The number of hydrogen-bond donors (Lipinski definition) is 1. The summed E-state index contributed by atoms with van der Waals surface area (Å²) in [6.45, 7) is 1.96. The van der Waals surface area contributed by atoms with Crippen molar-refractivity contribution >= 4 is 5.97 Å². The highest BCUT2D eigenvalue weighted by Crippen LogP contribution is 2.29. The van der Waals surface area contributed by atoms with Gasteiger partial charge in [0.05, 0.1) is 6.42 Å². The summed E-state index contributed by atoms with van der Waals surface area (Å²) >= 11 is 0. The van der Waals surface area contributed by atoms with E-state index in [1.807, 2.05) is 6.92 Å². The van der Waals surface area contributed by atoms with Gasteiger partial charge < -0.3 is 5.11 Å². The normalized spacial score (nSPS) is 15.1. The van der Waals surface area contributed by atoms with Crippen LogP contribution in [0.5, 0.6) is 0 Å². The zero-order chi connectivity index (χ0) is 15.5. The van der Waals surface area contributed by atoms with Crippen molar-refractivity contribution in [2.24, 2.45) is 0 Å². The van der Waals surface area contributed by atoms with Crippen LogP contribution in [0.25, 0.3) is 11.1 Å². The Morgan fingerprint density at radius 2 is 1.64 bits per heavy atom. The molecular weight excluding hydrogens is 272 g/mol. The molecule has 1 aliphatic rings. The molecule has 0 heterocycles. The number of carboxylic acid groups (broad SMARTS) is 1. The number of hydrogen-bond acceptors (Lipinski definition) is 1. The number of rotatable bonds is 4. The van der Waals surface area contributed by atoms with E-state index in [2.05, 4.69) is 42.5 Å². The largest absolute Gasteiger partial charge is 0.481 e. The zero-order valence-corrected chi connectivity index (χ0v) is 13.0. The van der Waals surface area contributed by atoms with E-state index in [9.17, 15) is 4.79 Å². The monoisotopic (exact) mass is 294 g/mol. The van der Waals surface area contributed by atoms with Gasteiger partial charge in [-0.1, -0.05) is 49.4 Å². The summed E-state index contributed by atoms with van der Waals surface area (Å²) < 4.78 is 0. The van der Waals surface area contributed by atoms with Crippen molar-refractivity contribution in [3.8, 4) is 11.1 Å². The van der Waals surface area contributed by atoms with Crippen molar-refractivity contribution in [1.82, 2.24) is 0 Å². The van der Waals surface area contributed by atoms with Gasteiger partial charge in [-0.25, -0.2) is 0 Å². The van der Waals surface area contributed by atoms with Crippen molar-refractivity contribution in [3.63, 3.8) is 0 Å². The number of carbonyl (C=O) groups is 1. The summed E-state index contributed by atoms with van der Waals surface area (Å²) in [5.74, 6) is -0.693.